The summed E-state index contributed by atoms with van der Waals surface area (Å²) in [7, 11) is -4.57. The van der Waals surface area contributed by atoms with Crippen molar-refractivity contribution in [3.8, 4) is 0 Å². The van der Waals surface area contributed by atoms with Crippen molar-refractivity contribution in [3.63, 3.8) is 0 Å². The highest BCUT2D eigenvalue weighted by molar-refractivity contribution is 7.92. The Kier molecular flexibility index (Phi) is 4.21. The molecule has 128 valence electrons. The number of nitrogens with zero attached hydrogens (tertiary/aromatic N) is 2. The zero-order valence-corrected chi connectivity index (χ0v) is 14.3. The molecule has 1 fully saturated rings. The molecule has 1 aliphatic rings. The summed E-state index contributed by atoms with van der Waals surface area (Å²) in [5.74, 6) is -1.83. The lowest BCUT2D eigenvalue weighted by molar-refractivity contribution is -0.117. The third-order valence-electron chi connectivity index (χ3n) is 4.09. The maximum Gasteiger partial charge on any atom is 0.295 e. The Bertz CT molecular complexity index is 898. The van der Waals surface area contributed by atoms with Gasteiger partial charge >= 0.3 is 0 Å². The number of Topliss-reactive ketones (excluding diaryl/α,β-unsaturated/α-hetero) is 1. The Morgan fingerprint density at radius 1 is 1.42 bits per heavy atom. The van der Waals surface area contributed by atoms with E-state index in [0.717, 1.165) is 6.07 Å². The third kappa shape index (κ3) is 2.63. The standard InChI is InChI=1S/C15H14ClFN2O4S/c1-9-18-14(23-19-9)15(17,10-5-6-12(20)7-10)24(21,22)13-4-2-3-11(16)8-13/h2-4,8,10H,5-7H2,1H3. The van der Waals surface area contributed by atoms with E-state index in [4.69, 9.17) is 16.1 Å². The average molecular weight is 373 g/mol. The lowest BCUT2D eigenvalue weighted by Gasteiger charge is -2.27. The molecular formula is C15H14ClFN2O4S. The highest BCUT2D eigenvalue weighted by atomic mass is 35.5. The molecule has 2 aromatic rings. The van der Waals surface area contributed by atoms with E-state index in [2.05, 4.69) is 10.1 Å². The zero-order chi connectivity index (χ0) is 17.5. The summed E-state index contributed by atoms with van der Waals surface area (Å²) in [5.41, 5.74) is 0. The number of halogens is 2. The number of rotatable bonds is 4. The van der Waals surface area contributed by atoms with Crippen LogP contribution >= 0.6 is 11.6 Å². The first-order valence-corrected chi connectivity index (χ1v) is 9.13. The van der Waals surface area contributed by atoms with Crippen LogP contribution in [0.4, 0.5) is 4.39 Å². The molecule has 2 atom stereocenters. The molecule has 3 rings (SSSR count). The predicted octanol–water partition coefficient (Wildman–Crippen LogP) is 3.00. The van der Waals surface area contributed by atoms with Gasteiger partial charge in [0.2, 0.25) is 9.84 Å². The van der Waals surface area contributed by atoms with Gasteiger partial charge in [0.1, 0.15) is 5.78 Å². The highest BCUT2D eigenvalue weighted by Crippen LogP contribution is 2.48. The topological polar surface area (TPSA) is 90.1 Å². The highest BCUT2D eigenvalue weighted by Gasteiger charge is 2.59. The molecule has 1 aliphatic carbocycles. The van der Waals surface area contributed by atoms with Crippen LogP contribution in [0.3, 0.4) is 0 Å². The van der Waals surface area contributed by atoms with Crippen LogP contribution in [0.5, 0.6) is 0 Å². The minimum absolute atomic E-state index is 0.0938. The molecule has 0 N–H and O–H groups in total. The van der Waals surface area contributed by atoms with Crippen LogP contribution in [0.15, 0.2) is 33.7 Å². The Morgan fingerprint density at radius 3 is 2.71 bits per heavy atom. The lowest BCUT2D eigenvalue weighted by atomic mass is 10.0. The maximum absolute atomic E-state index is 16.0. The monoisotopic (exact) mass is 372 g/mol. The third-order valence-corrected chi connectivity index (χ3v) is 6.49. The number of benzene rings is 1. The zero-order valence-electron chi connectivity index (χ0n) is 12.7. The smallest absolute Gasteiger partial charge is 0.295 e. The van der Waals surface area contributed by atoms with Crippen LogP contribution in [-0.2, 0) is 19.6 Å². The fraction of sp³-hybridized carbons (Fsp3) is 0.400. The summed E-state index contributed by atoms with van der Waals surface area (Å²) in [6.45, 7) is 1.46. The molecule has 1 aromatic carbocycles. The Labute approximate surface area is 142 Å². The van der Waals surface area contributed by atoms with E-state index >= 15 is 4.39 Å². The number of ketones is 1. The largest absolute Gasteiger partial charge is 0.335 e. The molecule has 2 unspecified atom stereocenters. The molecule has 1 heterocycles. The molecule has 9 heteroatoms. The van der Waals surface area contributed by atoms with Gasteiger partial charge in [-0.05, 0) is 31.5 Å². The number of carbonyl (C=O) groups is 1. The Morgan fingerprint density at radius 2 is 2.17 bits per heavy atom. The van der Waals surface area contributed by atoms with Crippen LogP contribution in [-0.4, -0.2) is 24.3 Å². The van der Waals surface area contributed by atoms with E-state index in [0.29, 0.717) is 0 Å². The summed E-state index contributed by atoms with van der Waals surface area (Å²) in [6.07, 6.45) is 0.0167. The van der Waals surface area contributed by atoms with Crippen molar-refractivity contribution >= 4 is 27.2 Å². The summed E-state index contributed by atoms with van der Waals surface area (Å²) >= 11 is 5.84. The number of alkyl halides is 1. The van der Waals surface area contributed by atoms with Crippen LogP contribution in [0.25, 0.3) is 0 Å². The van der Waals surface area contributed by atoms with Crippen molar-refractivity contribution in [2.45, 2.75) is 36.1 Å². The van der Waals surface area contributed by atoms with Gasteiger partial charge in [-0.1, -0.05) is 22.8 Å². The molecule has 0 bridgehead atoms. The van der Waals surface area contributed by atoms with Gasteiger partial charge < -0.3 is 4.52 Å². The van der Waals surface area contributed by atoms with E-state index < -0.39 is 26.6 Å². The van der Waals surface area contributed by atoms with Crippen molar-refractivity contribution < 1.29 is 22.1 Å². The second kappa shape index (κ2) is 5.93. The molecule has 1 saturated carbocycles. The normalized spacial score (nSPS) is 21.0. The van der Waals surface area contributed by atoms with Crippen LogP contribution in [0.1, 0.15) is 31.0 Å². The van der Waals surface area contributed by atoms with E-state index in [9.17, 15) is 13.2 Å². The fourth-order valence-electron chi connectivity index (χ4n) is 2.88. The molecule has 6 nitrogen and oxygen atoms in total. The Balaban J connectivity index is 2.19. The van der Waals surface area contributed by atoms with Gasteiger partial charge in [-0.3, -0.25) is 4.79 Å². The van der Waals surface area contributed by atoms with Gasteiger partial charge in [-0.15, -0.1) is 0 Å². The summed E-state index contributed by atoms with van der Waals surface area (Å²) in [6, 6.07) is 5.30. The van der Waals surface area contributed by atoms with E-state index in [-0.39, 0.29) is 40.8 Å². The minimum Gasteiger partial charge on any atom is -0.335 e. The van der Waals surface area contributed by atoms with Crippen molar-refractivity contribution in [2.24, 2.45) is 5.92 Å². The summed E-state index contributed by atoms with van der Waals surface area (Å²) < 4.78 is 47.0. The number of hydrogen-bond donors (Lipinski definition) is 0. The van der Waals surface area contributed by atoms with Crippen LogP contribution in [0.2, 0.25) is 5.02 Å². The molecule has 0 saturated heterocycles. The first kappa shape index (κ1) is 17.0. The Hall–Kier alpha value is -1.80. The van der Waals surface area contributed by atoms with Crippen molar-refractivity contribution in [1.29, 1.82) is 0 Å². The predicted molar refractivity (Wildman–Crippen MR) is 82.8 cm³/mol. The van der Waals surface area contributed by atoms with Gasteiger partial charge in [0.25, 0.3) is 10.9 Å². The number of sulfone groups is 1. The van der Waals surface area contributed by atoms with Crippen molar-refractivity contribution in [2.75, 3.05) is 0 Å². The summed E-state index contributed by atoms with van der Waals surface area (Å²) in [5, 5.41) is 0.671. The minimum atomic E-state index is -4.57. The molecular weight excluding hydrogens is 359 g/mol. The maximum atomic E-state index is 16.0. The van der Waals surface area contributed by atoms with E-state index in [1.54, 1.807) is 0 Å². The van der Waals surface area contributed by atoms with Crippen molar-refractivity contribution in [1.82, 2.24) is 10.1 Å². The first-order valence-electron chi connectivity index (χ1n) is 7.26. The summed E-state index contributed by atoms with van der Waals surface area (Å²) in [4.78, 5) is 15.1. The fourth-order valence-corrected chi connectivity index (χ4v) is 4.97. The van der Waals surface area contributed by atoms with Gasteiger partial charge in [0.05, 0.1) is 4.90 Å². The van der Waals surface area contributed by atoms with Gasteiger partial charge in [-0.2, -0.15) is 4.98 Å². The SMILES string of the molecule is Cc1noc(C(F)(C2CCC(=O)C2)S(=O)(=O)c2cccc(Cl)c2)n1. The van der Waals surface area contributed by atoms with Gasteiger partial charge in [-0.25, -0.2) is 12.8 Å². The lowest BCUT2D eigenvalue weighted by Crippen LogP contribution is -2.38. The molecule has 0 spiro atoms. The quantitative estimate of drug-likeness (QED) is 0.819. The second-order valence-electron chi connectivity index (χ2n) is 5.73. The van der Waals surface area contributed by atoms with Gasteiger partial charge in [0.15, 0.2) is 5.82 Å². The molecule has 0 radical (unpaired) electrons. The molecule has 1 aromatic heterocycles. The first-order chi connectivity index (χ1) is 11.2. The number of aryl methyl sites for hydroxylation is 1. The van der Waals surface area contributed by atoms with Crippen LogP contribution < -0.4 is 0 Å². The number of carbonyl (C=O) groups excluding carboxylic acids is 1. The van der Waals surface area contributed by atoms with E-state index in [1.165, 1.54) is 25.1 Å². The number of hydrogen-bond acceptors (Lipinski definition) is 6. The van der Waals surface area contributed by atoms with Gasteiger partial charge in [0, 0.05) is 23.8 Å². The molecule has 24 heavy (non-hydrogen) atoms. The van der Waals surface area contributed by atoms with Crippen LogP contribution in [0, 0.1) is 12.8 Å². The second-order valence-corrected chi connectivity index (χ2v) is 8.24. The number of aromatic nitrogens is 2. The average Bonchev–Trinajstić information content (AvgIpc) is 3.15. The van der Waals surface area contributed by atoms with E-state index in [1.807, 2.05) is 0 Å². The molecule has 0 amide bonds. The van der Waals surface area contributed by atoms with Crippen molar-refractivity contribution in [3.05, 3.63) is 41.0 Å². The molecule has 0 aliphatic heterocycles.